The number of nitrogens with one attached hydrogen (secondary N) is 1. The zero-order valence-corrected chi connectivity index (χ0v) is 12.8. The van der Waals surface area contributed by atoms with Gasteiger partial charge in [-0.05, 0) is 36.1 Å². The van der Waals surface area contributed by atoms with Crippen LogP contribution in [0.3, 0.4) is 0 Å². The zero-order chi connectivity index (χ0) is 13.5. The maximum absolute atomic E-state index is 13.4. The monoisotopic (exact) mass is 343 g/mol. The molecule has 0 amide bonds. The number of hydrogen-bond donors (Lipinski definition) is 1. The predicted molar refractivity (Wildman–Crippen MR) is 80.5 cm³/mol. The Kier molecular flexibility index (Phi) is 5.82. The van der Waals surface area contributed by atoms with Gasteiger partial charge in [0.15, 0.2) is 11.6 Å². The first-order valence-electron chi connectivity index (χ1n) is 6.06. The van der Waals surface area contributed by atoms with Crippen LogP contribution in [0.15, 0.2) is 40.2 Å². The van der Waals surface area contributed by atoms with Gasteiger partial charge >= 0.3 is 0 Å². The average Bonchev–Trinajstić information content (AvgIpc) is 2.89. The molecule has 0 aliphatic heterocycles. The van der Waals surface area contributed by atoms with E-state index in [0.29, 0.717) is 23.4 Å². The Hall–Kier alpha value is -0.910. The molecule has 0 unspecified atom stereocenters. The van der Waals surface area contributed by atoms with Crippen LogP contribution in [-0.2, 0) is 6.42 Å². The fraction of sp³-hybridized carbons (Fsp3) is 0.286. The van der Waals surface area contributed by atoms with Crippen LogP contribution in [0, 0.1) is 5.82 Å². The molecular weight excluding hydrogens is 329 g/mol. The lowest BCUT2D eigenvalue weighted by Crippen LogP contribution is -2.23. The Labute approximate surface area is 124 Å². The molecule has 1 aromatic carbocycles. The second kappa shape index (κ2) is 7.62. The highest BCUT2D eigenvalue weighted by atomic mass is 79.9. The van der Waals surface area contributed by atoms with Crippen molar-refractivity contribution in [2.24, 2.45) is 0 Å². The maximum Gasteiger partial charge on any atom is 0.166 e. The minimum Gasteiger partial charge on any atom is -0.489 e. The van der Waals surface area contributed by atoms with E-state index in [4.69, 9.17) is 4.74 Å². The summed E-state index contributed by atoms with van der Waals surface area (Å²) in [7, 11) is 0. The summed E-state index contributed by atoms with van der Waals surface area (Å²) in [6.07, 6.45) is 1.02. The maximum atomic E-state index is 13.4. The number of hydrogen-bond acceptors (Lipinski definition) is 3. The van der Waals surface area contributed by atoms with Gasteiger partial charge < -0.3 is 10.1 Å². The highest BCUT2D eigenvalue weighted by Gasteiger charge is 2.03. The van der Waals surface area contributed by atoms with E-state index in [-0.39, 0.29) is 5.82 Å². The van der Waals surface area contributed by atoms with Crippen LogP contribution in [0.25, 0.3) is 0 Å². The molecule has 1 heterocycles. The molecule has 0 saturated carbocycles. The molecule has 102 valence electrons. The zero-order valence-electron chi connectivity index (χ0n) is 10.4. The number of ether oxygens (including phenoxy) is 1. The summed E-state index contributed by atoms with van der Waals surface area (Å²) < 4.78 is 19.5. The molecule has 0 atom stereocenters. The van der Waals surface area contributed by atoms with Crippen molar-refractivity contribution in [2.45, 2.75) is 6.42 Å². The molecule has 2 nitrogen and oxygen atoms in total. The van der Waals surface area contributed by atoms with Gasteiger partial charge in [0.25, 0.3) is 0 Å². The molecule has 19 heavy (non-hydrogen) atoms. The topological polar surface area (TPSA) is 21.3 Å². The van der Waals surface area contributed by atoms with Crippen LogP contribution in [0.5, 0.6) is 5.75 Å². The van der Waals surface area contributed by atoms with E-state index in [0.717, 1.165) is 13.0 Å². The first-order valence-corrected chi connectivity index (χ1v) is 7.74. The molecule has 1 N–H and O–H groups in total. The highest BCUT2D eigenvalue weighted by molar-refractivity contribution is 9.10. The molecular formula is C14H15BrFNOS. The number of thiophene rings is 1. The molecule has 0 bridgehead atoms. The van der Waals surface area contributed by atoms with Crippen LogP contribution < -0.4 is 10.1 Å². The van der Waals surface area contributed by atoms with E-state index < -0.39 is 0 Å². The summed E-state index contributed by atoms with van der Waals surface area (Å²) >= 11 is 4.97. The van der Waals surface area contributed by atoms with Gasteiger partial charge in [0.05, 0.1) is 0 Å². The third kappa shape index (κ3) is 4.93. The van der Waals surface area contributed by atoms with E-state index in [1.54, 1.807) is 23.5 Å². The molecule has 1 aromatic heterocycles. The van der Waals surface area contributed by atoms with Crippen molar-refractivity contribution in [3.63, 3.8) is 0 Å². The summed E-state index contributed by atoms with van der Waals surface area (Å²) in [6.45, 7) is 2.08. The van der Waals surface area contributed by atoms with Gasteiger partial charge in [-0.25, -0.2) is 4.39 Å². The van der Waals surface area contributed by atoms with Gasteiger partial charge in [0.2, 0.25) is 0 Å². The summed E-state index contributed by atoms with van der Waals surface area (Å²) in [4.78, 5) is 1.37. The molecule has 0 fully saturated rings. The largest absolute Gasteiger partial charge is 0.489 e. The lowest BCUT2D eigenvalue weighted by atomic mass is 10.3. The number of benzene rings is 1. The fourth-order valence-electron chi connectivity index (χ4n) is 1.62. The van der Waals surface area contributed by atoms with Crippen LogP contribution in [0.2, 0.25) is 0 Å². The second-order valence-electron chi connectivity index (χ2n) is 4.00. The van der Waals surface area contributed by atoms with Crippen LogP contribution in [0.4, 0.5) is 4.39 Å². The quantitative estimate of drug-likeness (QED) is 0.770. The van der Waals surface area contributed by atoms with E-state index >= 15 is 0 Å². The minimum atomic E-state index is -0.340. The minimum absolute atomic E-state index is 0.295. The predicted octanol–water partition coefficient (Wildman–Crippen LogP) is 3.86. The Morgan fingerprint density at radius 1 is 1.26 bits per heavy atom. The highest BCUT2D eigenvalue weighted by Crippen LogP contribution is 2.21. The Bertz CT molecular complexity index is 504. The van der Waals surface area contributed by atoms with Crippen molar-refractivity contribution in [1.29, 1.82) is 0 Å². The fourth-order valence-corrected chi connectivity index (χ4v) is 2.66. The van der Waals surface area contributed by atoms with Crippen LogP contribution >= 0.6 is 27.3 Å². The van der Waals surface area contributed by atoms with Gasteiger partial charge in [0, 0.05) is 22.4 Å². The summed E-state index contributed by atoms with van der Waals surface area (Å²) in [5, 5.41) is 5.35. The standard InChI is InChI=1S/C14H15BrFNOS/c15-11-3-4-14(13(16)10-11)18-8-7-17-6-5-12-2-1-9-19-12/h1-4,9-10,17H,5-8H2. The Balaban J connectivity index is 1.61. The first kappa shape index (κ1) is 14.5. The summed E-state index contributed by atoms with van der Waals surface area (Å²) in [5.41, 5.74) is 0. The van der Waals surface area contributed by atoms with E-state index in [2.05, 4.69) is 38.8 Å². The van der Waals surface area contributed by atoms with Crippen molar-refractivity contribution in [3.8, 4) is 5.75 Å². The number of rotatable bonds is 7. The average molecular weight is 344 g/mol. The van der Waals surface area contributed by atoms with E-state index in [9.17, 15) is 4.39 Å². The lowest BCUT2D eigenvalue weighted by Gasteiger charge is -2.08. The van der Waals surface area contributed by atoms with Gasteiger partial charge in [-0.1, -0.05) is 22.0 Å². The van der Waals surface area contributed by atoms with Crippen LogP contribution in [-0.4, -0.2) is 19.7 Å². The summed E-state index contributed by atoms with van der Waals surface area (Å²) in [5.74, 6) is -0.0452. The number of halogens is 2. The van der Waals surface area contributed by atoms with E-state index in [1.807, 2.05) is 0 Å². The second-order valence-corrected chi connectivity index (χ2v) is 5.95. The van der Waals surface area contributed by atoms with Crippen molar-refractivity contribution < 1.29 is 9.13 Å². The van der Waals surface area contributed by atoms with Gasteiger partial charge in [0.1, 0.15) is 6.61 Å². The third-order valence-electron chi connectivity index (χ3n) is 2.56. The van der Waals surface area contributed by atoms with Crippen molar-refractivity contribution in [1.82, 2.24) is 5.32 Å². The third-order valence-corrected chi connectivity index (χ3v) is 3.99. The Morgan fingerprint density at radius 2 is 2.16 bits per heavy atom. The lowest BCUT2D eigenvalue weighted by molar-refractivity contribution is 0.299. The molecule has 0 radical (unpaired) electrons. The first-order chi connectivity index (χ1) is 9.25. The summed E-state index contributed by atoms with van der Waals surface area (Å²) in [6, 6.07) is 8.98. The van der Waals surface area contributed by atoms with Crippen molar-refractivity contribution in [2.75, 3.05) is 19.7 Å². The molecule has 0 aliphatic rings. The SMILES string of the molecule is Fc1cc(Br)ccc1OCCNCCc1cccs1. The van der Waals surface area contributed by atoms with Crippen molar-refractivity contribution >= 4 is 27.3 Å². The Morgan fingerprint density at radius 3 is 2.89 bits per heavy atom. The normalized spacial score (nSPS) is 10.6. The smallest absolute Gasteiger partial charge is 0.166 e. The van der Waals surface area contributed by atoms with Crippen LogP contribution in [0.1, 0.15) is 4.88 Å². The van der Waals surface area contributed by atoms with Gasteiger partial charge in [-0.15, -0.1) is 11.3 Å². The molecule has 0 saturated heterocycles. The molecule has 2 rings (SSSR count). The molecule has 5 heteroatoms. The van der Waals surface area contributed by atoms with Gasteiger partial charge in [-0.3, -0.25) is 0 Å². The molecule has 0 aliphatic carbocycles. The molecule has 2 aromatic rings. The molecule has 0 spiro atoms. The van der Waals surface area contributed by atoms with E-state index in [1.165, 1.54) is 10.9 Å². The van der Waals surface area contributed by atoms with Crippen molar-refractivity contribution in [3.05, 3.63) is 50.9 Å². The van der Waals surface area contributed by atoms with Gasteiger partial charge in [-0.2, -0.15) is 0 Å².